The number of nitrogens with one attached hydrogen (secondary N) is 2. The molecule has 0 saturated carbocycles. The lowest BCUT2D eigenvalue weighted by Gasteiger charge is -2.11. The van der Waals surface area contributed by atoms with Crippen molar-refractivity contribution in [3.8, 4) is 0 Å². The van der Waals surface area contributed by atoms with Crippen molar-refractivity contribution in [2.75, 3.05) is 25.9 Å². The first kappa shape index (κ1) is 15.8. The highest BCUT2D eigenvalue weighted by molar-refractivity contribution is 8.14. The van der Waals surface area contributed by atoms with Crippen LogP contribution in [-0.4, -0.2) is 44.7 Å². The van der Waals surface area contributed by atoms with Gasteiger partial charge in [-0.3, -0.25) is 4.99 Å². The summed E-state index contributed by atoms with van der Waals surface area (Å²) in [6.45, 7) is 6.57. The Morgan fingerprint density at radius 2 is 2.17 bits per heavy atom. The standard InChI is InChI=1S/C11H23N3O2S2/c1-9(2)7-10-8-13-11(17-10)12-5-4-6-14-18(3,15)16/h9-10,14H,4-8H2,1-3H3,(H,12,13). The van der Waals surface area contributed by atoms with Crippen LogP contribution in [0.25, 0.3) is 0 Å². The summed E-state index contributed by atoms with van der Waals surface area (Å²) in [5, 5.41) is 4.85. The summed E-state index contributed by atoms with van der Waals surface area (Å²) in [4.78, 5) is 4.45. The molecule has 7 heteroatoms. The number of sulfonamides is 1. The molecule has 1 atom stereocenters. The van der Waals surface area contributed by atoms with Gasteiger partial charge >= 0.3 is 0 Å². The Balaban J connectivity index is 2.07. The molecule has 0 spiro atoms. The molecule has 0 aromatic carbocycles. The Kier molecular flexibility index (Phi) is 6.45. The number of rotatable bonds is 7. The van der Waals surface area contributed by atoms with Gasteiger partial charge in [0.1, 0.15) is 0 Å². The first-order chi connectivity index (χ1) is 8.37. The van der Waals surface area contributed by atoms with E-state index in [9.17, 15) is 8.42 Å². The van der Waals surface area contributed by atoms with E-state index < -0.39 is 10.0 Å². The van der Waals surface area contributed by atoms with Crippen LogP contribution in [0.15, 0.2) is 4.99 Å². The van der Waals surface area contributed by atoms with Gasteiger partial charge in [0.25, 0.3) is 0 Å². The summed E-state index contributed by atoms with van der Waals surface area (Å²) in [5.74, 6) is 0.705. The fourth-order valence-corrected chi connectivity index (χ4v) is 3.50. The second kappa shape index (κ2) is 7.35. The predicted molar refractivity (Wildman–Crippen MR) is 78.6 cm³/mol. The van der Waals surface area contributed by atoms with E-state index in [1.807, 2.05) is 0 Å². The minimum atomic E-state index is -3.06. The molecular formula is C11H23N3O2S2. The Bertz CT molecular complexity index is 380. The van der Waals surface area contributed by atoms with Gasteiger partial charge in [0.05, 0.1) is 12.8 Å². The molecule has 0 saturated heterocycles. The maximum atomic E-state index is 10.8. The summed E-state index contributed by atoms with van der Waals surface area (Å²) >= 11 is 1.80. The van der Waals surface area contributed by atoms with Gasteiger partial charge in [-0.1, -0.05) is 25.6 Å². The van der Waals surface area contributed by atoms with Crippen LogP contribution in [-0.2, 0) is 10.0 Å². The number of hydrogen-bond acceptors (Lipinski definition) is 5. The Morgan fingerprint density at radius 3 is 2.78 bits per heavy atom. The third-order valence-corrected chi connectivity index (χ3v) is 4.35. The molecule has 0 aromatic heterocycles. The third kappa shape index (κ3) is 7.23. The molecule has 0 radical (unpaired) electrons. The predicted octanol–water partition coefficient (Wildman–Crippen LogP) is 1.03. The van der Waals surface area contributed by atoms with Gasteiger partial charge in [-0.2, -0.15) is 0 Å². The lowest BCUT2D eigenvalue weighted by atomic mass is 10.1. The number of hydrogen-bond donors (Lipinski definition) is 2. The smallest absolute Gasteiger partial charge is 0.208 e. The van der Waals surface area contributed by atoms with E-state index in [2.05, 4.69) is 28.9 Å². The highest BCUT2D eigenvalue weighted by atomic mass is 32.2. The van der Waals surface area contributed by atoms with Crippen molar-refractivity contribution in [1.82, 2.24) is 10.0 Å². The quantitative estimate of drug-likeness (QED) is 0.688. The van der Waals surface area contributed by atoms with Crippen molar-refractivity contribution in [1.29, 1.82) is 0 Å². The van der Waals surface area contributed by atoms with E-state index in [4.69, 9.17) is 0 Å². The number of nitrogens with zero attached hydrogens (tertiary/aromatic N) is 1. The third-order valence-electron chi connectivity index (χ3n) is 2.45. The van der Waals surface area contributed by atoms with E-state index >= 15 is 0 Å². The van der Waals surface area contributed by atoms with E-state index in [-0.39, 0.29) is 0 Å². The number of aliphatic imine (C=N–C) groups is 1. The Labute approximate surface area is 114 Å². The molecule has 1 aliphatic heterocycles. The lowest BCUT2D eigenvalue weighted by Crippen LogP contribution is -2.27. The molecule has 0 aliphatic carbocycles. The van der Waals surface area contributed by atoms with Crippen molar-refractivity contribution in [3.63, 3.8) is 0 Å². The van der Waals surface area contributed by atoms with Crippen LogP contribution in [0.1, 0.15) is 26.7 Å². The maximum absolute atomic E-state index is 10.8. The van der Waals surface area contributed by atoms with E-state index in [0.717, 1.165) is 24.7 Å². The fraction of sp³-hybridized carbons (Fsp3) is 0.909. The summed E-state index contributed by atoms with van der Waals surface area (Å²) in [5.41, 5.74) is 0. The lowest BCUT2D eigenvalue weighted by molar-refractivity contribution is 0.575. The SMILES string of the molecule is CC(C)CC1CN=C(NCCCNS(C)(=O)=O)S1. The first-order valence-electron chi connectivity index (χ1n) is 6.26. The van der Waals surface area contributed by atoms with Crippen molar-refractivity contribution < 1.29 is 8.42 Å². The molecule has 0 aromatic rings. The van der Waals surface area contributed by atoms with Gasteiger partial charge in [-0.15, -0.1) is 0 Å². The van der Waals surface area contributed by atoms with Crippen molar-refractivity contribution >= 4 is 27.0 Å². The summed E-state index contributed by atoms with van der Waals surface area (Å²) in [6.07, 6.45) is 3.13. The second-order valence-corrected chi connectivity index (χ2v) is 8.08. The molecule has 1 aliphatic rings. The van der Waals surface area contributed by atoms with Crippen LogP contribution in [0.2, 0.25) is 0 Å². The number of amidine groups is 1. The molecule has 0 bridgehead atoms. The molecule has 0 fully saturated rings. The minimum absolute atomic E-state index is 0.471. The average Bonchev–Trinajstić information content (AvgIpc) is 2.62. The van der Waals surface area contributed by atoms with Crippen molar-refractivity contribution in [3.05, 3.63) is 0 Å². The molecule has 1 unspecified atom stereocenters. The molecular weight excluding hydrogens is 270 g/mol. The van der Waals surface area contributed by atoms with Crippen molar-refractivity contribution in [2.45, 2.75) is 31.9 Å². The van der Waals surface area contributed by atoms with Gasteiger partial charge in [0, 0.05) is 18.3 Å². The topological polar surface area (TPSA) is 70.6 Å². The molecule has 18 heavy (non-hydrogen) atoms. The molecule has 106 valence electrons. The zero-order valence-electron chi connectivity index (χ0n) is 11.3. The molecule has 1 heterocycles. The van der Waals surface area contributed by atoms with E-state index in [1.54, 1.807) is 11.8 Å². The van der Waals surface area contributed by atoms with Crippen molar-refractivity contribution in [2.24, 2.45) is 10.9 Å². The van der Waals surface area contributed by atoms with Crippen LogP contribution < -0.4 is 10.0 Å². The van der Waals surface area contributed by atoms with E-state index in [1.165, 1.54) is 12.7 Å². The Morgan fingerprint density at radius 1 is 1.44 bits per heavy atom. The summed E-state index contributed by atoms with van der Waals surface area (Å²) in [7, 11) is -3.06. The largest absolute Gasteiger partial charge is 0.365 e. The molecule has 2 N–H and O–H groups in total. The molecule has 5 nitrogen and oxygen atoms in total. The highest BCUT2D eigenvalue weighted by Crippen LogP contribution is 2.25. The van der Waals surface area contributed by atoms with Gasteiger partial charge in [-0.05, 0) is 18.8 Å². The van der Waals surface area contributed by atoms with Crippen LogP contribution in [0.4, 0.5) is 0 Å². The monoisotopic (exact) mass is 293 g/mol. The molecule has 1 rings (SSSR count). The Hall–Kier alpha value is -0.270. The zero-order valence-corrected chi connectivity index (χ0v) is 12.9. The van der Waals surface area contributed by atoms with Crippen LogP contribution >= 0.6 is 11.8 Å². The second-order valence-electron chi connectivity index (χ2n) is 4.96. The first-order valence-corrected chi connectivity index (χ1v) is 9.03. The van der Waals surface area contributed by atoms with Gasteiger partial charge < -0.3 is 5.32 Å². The van der Waals surface area contributed by atoms with E-state index in [0.29, 0.717) is 17.7 Å². The number of thioether (sulfide) groups is 1. The average molecular weight is 293 g/mol. The summed E-state index contributed by atoms with van der Waals surface area (Å²) in [6, 6.07) is 0. The highest BCUT2D eigenvalue weighted by Gasteiger charge is 2.19. The van der Waals surface area contributed by atoms with Crippen LogP contribution in [0, 0.1) is 5.92 Å². The summed E-state index contributed by atoms with van der Waals surface area (Å²) < 4.78 is 24.1. The van der Waals surface area contributed by atoms with Crippen LogP contribution in [0.3, 0.4) is 0 Å². The van der Waals surface area contributed by atoms with Gasteiger partial charge in [-0.25, -0.2) is 13.1 Å². The maximum Gasteiger partial charge on any atom is 0.208 e. The minimum Gasteiger partial charge on any atom is -0.365 e. The van der Waals surface area contributed by atoms with Gasteiger partial charge in [0.15, 0.2) is 5.17 Å². The normalized spacial score (nSPS) is 20.2. The van der Waals surface area contributed by atoms with Gasteiger partial charge in [0.2, 0.25) is 10.0 Å². The fourth-order valence-electron chi connectivity index (χ4n) is 1.70. The molecule has 0 amide bonds. The zero-order chi connectivity index (χ0) is 13.6. The van der Waals surface area contributed by atoms with Crippen LogP contribution in [0.5, 0.6) is 0 Å².